The van der Waals surface area contributed by atoms with Gasteiger partial charge in [-0.15, -0.1) is 0 Å². The summed E-state index contributed by atoms with van der Waals surface area (Å²) >= 11 is 0. The van der Waals surface area contributed by atoms with Crippen LogP contribution in [0.15, 0.2) is 54.7 Å². The number of carbonyl (C=O) groups is 2. The van der Waals surface area contributed by atoms with Crippen molar-refractivity contribution in [3.63, 3.8) is 0 Å². The van der Waals surface area contributed by atoms with Crippen LogP contribution in [0.1, 0.15) is 17.3 Å². The Kier molecular flexibility index (Phi) is 5.51. The summed E-state index contributed by atoms with van der Waals surface area (Å²) in [6.45, 7) is 2.40. The number of nitrogens with one attached hydrogen (secondary N) is 4. The number of amides is 3. The number of hydrogen-bond donors (Lipinski definition) is 4. The molecule has 0 fully saturated rings. The molecule has 0 saturated heterocycles. The number of hydrogen-bond acceptors (Lipinski definition) is 4. The second-order valence-electron chi connectivity index (χ2n) is 5.86. The zero-order valence-corrected chi connectivity index (χ0v) is 15.2. The zero-order valence-electron chi connectivity index (χ0n) is 15.2. The van der Waals surface area contributed by atoms with Crippen molar-refractivity contribution in [3.8, 4) is 0 Å². The van der Waals surface area contributed by atoms with Crippen LogP contribution in [0, 0.1) is 0 Å². The Morgan fingerprint density at radius 3 is 2.56 bits per heavy atom. The minimum Gasteiger partial charge on any atom is -0.355 e. The van der Waals surface area contributed by atoms with Crippen molar-refractivity contribution in [1.29, 1.82) is 0 Å². The smallest absolute Gasteiger partial charge is 0.320 e. The molecule has 0 radical (unpaired) electrons. The average Bonchev–Trinajstić information content (AvgIpc) is 2.68. The van der Waals surface area contributed by atoms with E-state index < -0.39 is 0 Å². The summed E-state index contributed by atoms with van der Waals surface area (Å²) in [4.78, 5) is 27.6. The van der Waals surface area contributed by atoms with E-state index >= 15 is 0 Å². The lowest BCUT2D eigenvalue weighted by molar-refractivity contribution is 0.0963. The van der Waals surface area contributed by atoms with E-state index in [9.17, 15) is 9.59 Å². The van der Waals surface area contributed by atoms with E-state index in [1.54, 1.807) is 25.4 Å². The first kappa shape index (κ1) is 18.2. The van der Waals surface area contributed by atoms with Crippen LogP contribution in [0.2, 0.25) is 0 Å². The van der Waals surface area contributed by atoms with Gasteiger partial charge >= 0.3 is 6.03 Å². The fraction of sp³-hybridized carbons (Fsp3) is 0.150. The predicted molar refractivity (Wildman–Crippen MR) is 108 cm³/mol. The van der Waals surface area contributed by atoms with Gasteiger partial charge in [0, 0.05) is 42.1 Å². The van der Waals surface area contributed by atoms with Crippen molar-refractivity contribution in [2.75, 3.05) is 24.2 Å². The molecule has 0 aliphatic heterocycles. The third kappa shape index (κ3) is 4.33. The van der Waals surface area contributed by atoms with Crippen molar-refractivity contribution in [3.05, 3.63) is 60.3 Å². The quantitative estimate of drug-likeness (QED) is 0.558. The SMILES string of the molecule is CCNC(=O)Nc1cc2cccc(Nc3ccc(C(=O)NC)cc3)c2cn1. The molecule has 1 aromatic heterocycles. The lowest BCUT2D eigenvalue weighted by atomic mass is 10.1. The van der Waals surface area contributed by atoms with E-state index in [0.29, 0.717) is 17.9 Å². The molecule has 3 amide bonds. The second kappa shape index (κ2) is 8.18. The van der Waals surface area contributed by atoms with Crippen molar-refractivity contribution in [2.24, 2.45) is 0 Å². The van der Waals surface area contributed by atoms with Crippen LogP contribution in [0.4, 0.5) is 22.0 Å². The predicted octanol–water partition coefficient (Wildman–Crippen LogP) is 3.48. The molecule has 0 unspecified atom stereocenters. The third-order valence-corrected chi connectivity index (χ3v) is 4.00. The summed E-state index contributed by atoms with van der Waals surface area (Å²) in [6.07, 6.45) is 1.72. The average molecular weight is 363 g/mol. The van der Waals surface area contributed by atoms with E-state index in [2.05, 4.69) is 26.3 Å². The van der Waals surface area contributed by atoms with E-state index in [1.165, 1.54) is 0 Å². The topological polar surface area (TPSA) is 95.2 Å². The Bertz CT molecular complexity index is 970. The highest BCUT2D eigenvalue weighted by Crippen LogP contribution is 2.27. The largest absolute Gasteiger partial charge is 0.355 e. The van der Waals surface area contributed by atoms with E-state index in [1.807, 2.05) is 43.3 Å². The second-order valence-corrected chi connectivity index (χ2v) is 5.86. The molecule has 0 aliphatic rings. The van der Waals surface area contributed by atoms with Crippen LogP contribution in [0.3, 0.4) is 0 Å². The summed E-state index contributed by atoms with van der Waals surface area (Å²) in [5, 5.41) is 13.2. The molecule has 27 heavy (non-hydrogen) atoms. The van der Waals surface area contributed by atoms with Crippen LogP contribution < -0.4 is 21.3 Å². The maximum absolute atomic E-state index is 11.7. The minimum absolute atomic E-state index is 0.122. The van der Waals surface area contributed by atoms with Gasteiger partial charge in [0.05, 0.1) is 0 Å². The highest BCUT2D eigenvalue weighted by molar-refractivity contribution is 5.98. The molecule has 4 N–H and O–H groups in total. The molecule has 7 heteroatoms. The van der Waals surface area contributed by atoms with Gasteiger partial charge in [0.1, 0.15) is 5.82 Å². The Morgan fingerprint density at radius 1 is 1.07 bits per heavy atom. The van der Waals surface area contributed by atoms with Crippen LogP contribution in [-0.4, -0.2) is 30.5 Å². The van der Waals surface area contributed by atoms with Gasteiger partial charge in [-0.1, -0.05) is 12.1 Å². The minimum atomic E-state index is -0.283. The molecule has 138 valence electrons. The maximum Gasteiger partial charge on any atom is 0.320 e. The molecule has 0 aliphatic carbocycles. The fourth-order valence-corrected chi connectivity index (χ4v) is 2.67. The number of nitrogens with zero attached hydrogens (tertiary/aromatic N) is 1. The van der Waals surface area contributed by atoms with Crippen LogP contribution in [0.5, 0.6) is 0 Å². The third-order valence-electron chi connectivity index (χ3n) is 4.00. The number of benzene rings is 2. The number of aromatic nitrogens is 1. The molecule has 0 atom stereocenters. The molecule has 0 spiro atoms. The van der Waals surface area contributed by atoms with Gasteiger partial charge in [-0.2, -0.15) is 0 Å². The maximum atomic E-state index is 11.7. The van der Waals surface area contributed by atoms with Crippen molar-refractivity contribution < 1.29 is 9.59 Å². The molecule has 1 heterocycles. The number of fused-ring (bicyclic) bond motifs is 1. The molecular weight excluding hydrogens is 342 g/mol. The van der Waals surface area contributed by atoms with Gasteiger partial charge in [-0.25, -0.2) is 9.78 Å². The monoisotopic (exact) mass is 363 g/mol. The number of pyridine rings is 1. The first-order valence-electron chi connectivity index (χ1n) is 8.63. The van der Waals surface area contributed by atoms with Crippen molar-refractivity contribution in [2.45, 2.75) is 6.92 Å². The van der Waals surface area contributed by atoms with Crippen LogP contribution >= 0.6 is 0 Å². The van der Waals surface area contributed by atoms with E-state index in [-0.39, 0.29) is 11.9 Å². The Hall–Kier alpha value is -3.61. The summed E-state index contributed by atoms with van der Waals surface area (Å²) in [7, 11) is 1.60. The van der Waals surface area contributed by atoms with Gasteiger partial charge < -0.3 is 16.0 Å². The normalized spacial score (nSPS) is 10.3. The van der Waals surface area contributed by atoms with Crippen LogP contribution in [-0.2, 0) is 0 Å². The Balaban J connectivity index is 1.82. The van der Waals surface area contributed by atoms with Crippen LogP contribution in [0.25, 0.3) is 10.8 Å². The lowest BCUT2D eigenvalue weighted by Gasteiger charge is -2.11. The number of carbonyl (C=O) groups excluding carboxylic acids is 2. The van der Waals surface area contributed by atoms with Gasteiger partial charge in [-0.05, 0) is 48.7 Å². The van der Waals surface area contributed by atoms with Gasteiger partial charge in [0.25, 0.3) is 5.91 Å². The molecule has 7 nitrogen and oxygen atoms in total. The highest BCUT2D eigenvalue weighted by Gasteiger charge is 2.07. The molecule has 2 aromatic carbocycles. The summed E-state index contributed by atoms with van der Waals surface area (Å²) in [6, 6.07) is 14.6. The number of rotatable bonds is 5. The first-order valence-corrected chi connectivity index (χ1v) is 8.63. The number of urea groups is 1. The summed E-state index contributed by atoms with van der Waals surface area (Å²) in [5.41, 5.74) is 2.35. The van der Waals surface area contributed by atoms with Crippen molar-refractivity contribution in [1.82, 2.24) is 15.6 Å². The Labute approximate surface area is 157 Å². The molecule has 3 aromatic rings. The van der Waals surface area contributed by atoms with Gasteiger partial charge in [0.2, 0.25) is 0 Å². The number of anilines is 3. The molecule has 0 saturated carbocycles. The van der Waals surface area contributed by atoms with E-state index in [0.717, 1.165) is 22.1 Å². The highest BCUT2D eigenvalue weighted by atomic mass is 16.2. The summed E-state index contributed by atoms with van der Waals surface area (Å²) in [5.74, 6) is 0.364. The van der Waals surface area contributed by atoms with Gasteiger partial charge in [-0.3, -0.25) is 10.1 Å². The van der Waals surface area contributed by atoms with E-state index in [4.69, 9.17) is 0 Å². The zero-order chi connectivity index (χ0) is 19.2. The molecular formula is C20H21N5O2. The fourth-order valence-electron chi connectivity index (χ4n) is 2.67. The first-order chi connectivity index (χ1) is 13.1. The van der Waals surface area contributed by atoms with Gasteiger partial charge in [0.15, 0.2) is 0 Å². The summed E-state index contributed by atoms with van der Waals surface area (Å²) < 4.78 is 0. The lowest BCUT2D eigenvalue weighted by Crippen LogP contribution is -2.28. The standard InChI is InChI=1S/C20H21N5O2/c1-3-22-20(27)25-18-11-14-5-4-6-17(16(14)12-23-18)24-15-9-7-13(8-10-15)19(26)21-2/h4-12,24H,3H2,1-2H3,(H,21,26)(H2,22,23,25,27). The van der Waals surface area contributed by atoms with Crippen molar-refractivity contribution >= 4 is 39.9 Å². The Morgan fingerprint density at radius 2 is 1.85 bits per heavy atom. The molecule has 0 bridgehead atoms. The molecule has 3 rings (SSSR count).